The van der Waals surface area contributed by atoms with Crippen LogP contribution >= 0.6 is 0 Å². The lowest BCUT2D eigenvalue weighted by Crippen LogP contribution is -2.25. The predicted molar refractivity (Wildman–Crippen MR) is 62.3 cm³/mol. The highest BCUT2D eigenvalue weighted by molar-refractivity contribution is 5.91. The summed E-state index contributed by atoms with van der Waals surface area (Å²) in [5.74, 6) is 1.67. The van der Waals surface area contributed by atoms with E-state index in [1.807, 2.05) is 19.1 Å². The summed E-state index contributed by atoms with van der Waals surface area (Å²) in [5.41, 5.74) is 0. The molecule has 0 unspecified atom stereocenters. The second-order valence-corrected chi connectivity index (χ2v) is 3.91. The minimum absolute atomic E-state index is 0.137. The molecule has 1 amide bonds. The summed E-state index contributed by atoms with van der Waals surface area (Å²) < 4.78 is 15.1. The van der Waals surface area contributed by atoms with Crippen LogP contribution in [0.5, 0.6) is 5.88 Å². The molecule has 2 rings (SSSR count). The van der Waals surface area contributed by atoms with E-state index < -0.39 is 0 Å². The maximum absolute atomic E-state index is 12.0. The van der Waals surface area contributed by atoms with Crippen molar-refractivity contribution in [1.29, 1.82) is 0 Å². The zero-order valence-electron chi connectivity index (χ0n) is 10.5. The van der Waals surface area contributed by atoms with E-state index in [0.29, 0.717) is 6.54 Å². The number of amides is 1. The minimum Gasteiger partial charge on any atom is -0.479 e. The number of hydrogen-bond acceptors (Lipinski definition) is 5. The van der Waals surface area contributed by atoms with Crippen molar-refractivity contribution >= 4 is 5.91 Å². The Morgan fingerprint density at radius 1 is 1.50 bits per heavy atom. The molecule has 18 heavy (non-hydrogen) atoms. The van der Waals surface area contributed by atoms with Gasteiger partial charge in [-0.2, -0.15) is 0 Å². The molecule has 0 aliphatic rings. The summed E-state index contributed by atoms with van der Waals surface area (Å²) in [6.07, 6.45) is 0. The molecule has 0 aliphatic heterocycles. The van der Waals surface area contributed by atoms with Gasteiger partial charge in [-0.3, -0.25) is 4.79 Å². The van der Waals surface area contributed by atoms with Gasteiger partial charge in [0.05, 0.1) is 19.7 Å². The molecular formula is C12H14N2O4. The molecule has 0 N–H and O–H groups in total. The van der Waals surface area contributed by atoms with Crippen molar-refractivity contribution in [2.45, 2.75) is 13.5 Å². The number of nitrogens with zero attached hydrogens (tertiary/aromatic N) is 2. The van der Waals surface area contributed by atoms with Crippen molar-refractivity contribution in [3.63, 3.8) is 0 Å². The topological polar surface area (TPSA) is 68.7 Å². The smallest absolute Gasteiger partial charge is 0.292 e. The summed E-state index contributed by atoms with van der Waals surface area (Å²) in [6.45, 7) is 2.22. The Balaban J connectivity index is 2.04. The molecule has 6 heteroatoms. The third kappa shape index (κ3) is 2.53. The normalized spacial score (nSPS) is 10.4. The van der Waals surface area contributed by atoms with Gasteiger partial charge in [0.15, 0.2) is 0 Å². The highest BCUT2D eigenvalue weighted by Gasteiger charge is 2.18. The number of carbonyl (C=O) groups is 1. The molecule has 6 nitrogen and oxygen atoms in total. The van der Waals surface area contributed by atoms with Gasteiger partial charge in [0.25, 0.3) is 11.8 Å². The molecule has 0 aromatic carbocycles. The van der Waals surface area contributed by atoms with Gasteiger partial charge in [0.1, 0.15) is 11.5 Å². The summed E-state index contributed by atoms with van der Waals surface area (Å²) in [6, 6.07) is 5.14. The van der Waals surface area contributed by atoms with Gasteiger partial charge in [0, 0.05) is 7.05 Å². The Labute approximate surface area is 104 Å². The van der Waals surface area contributed by atoms with Gasteiger partial charge >= 0.3 is 0 Å². The summed E-state index contributed by atoms with van der Waals surface area (Å²) in [4.78, 5) is 13.5. The number of aryl methyl sites for hydroxylation is 1. The van der Waals surface area contributed by atoms with Gasteiger partial charge in [-0.15, -0.1) is 0 Å². The Morgan fingerprint density at radius 2 is 2.28 bits per heavy atom. The standard InChI is InChI=1S/C12H14N2O4/c1-8-4-5-9(17-8)7-14(2)12(15)10-6-11(16-3)13-18-10/h4-6H,7H2,1-3H3. The van der Waals surface area contributed by atoms with E-state index in [9.17, 15) is 4.79 Å². The fraction of sp³-hybridized carbons (Fsp3) is 0.333. The van der Waals surface area contributed by atoms with Gasteiger partial charge in [0.2, 0.25) is 5.76 Å². The molecular weight excluding hydrogens is 236 g/mol. The van der Waals surface area contributed by atoms with Crippen LogP contribution in [0.15, 0.2) is 27.1 Å². The highest BCUT2D eigenvalue weighted by atomic mass is 16.5. The molecule has 0 spiro atoms. The lowest BCUT2D eigenvalue weighted by atomic mass is 10.3. The molecule has 0 atom stereocenters. The van der Waals surface area contributed by atoms with E-state index in [1.54, 1.807) is 7.05 Å². The van der Waals surface area contributed by atoms with Gasteiger partial charge in [-0.25, -0.2) is 0 Å². The molecule has 0 saturated heterocycles. The van der Waals surface area contributed by atoms with Crippen molar-refractivity contribution < 1.29 is 18.5 Å². The van der Waals surface area contributed by atoms with Crippen LogP contribution in [-0.4, -0.2) is 30.1 Å². The van der Waals surface area contributed by atoms with Gasteiger partial charge in [-0.05, 0) is 24.2 Å². The number of furan rings is 1. The van der Waals surface area contributed by atoms with Crippen LogP contribution in [0.25, 0.3) is 0 Å². The average molecular weight is 250 g/mol. The molecule has 96 valence electrons. The highest BCUT2D eigenvalue weighted by Crippen LogP contribution is 2.14. The van der Waals surface area contributed by atoms with Crippen LogP contribution in [0.4, 0.5) is 0 Å². The Hall–Kier alpha value is -2.24. The summed E-state index contributed by atoms with van der Waals surface area (Å²) in [7, 11) is 3.12. The number of methoxy groups -OCH3 is 1. The molecule has 0 aliphatic carbocycles. The molecule has 0 fully saturated rings. The first-order chi connectivity index (χ1) is 8.60. The van der Waals surface area contributed by atoms with Crippen molar-refractivity contribution in [3.8, 4) is 5.88 Å². The fourth-order valence-electron chi connectivity index (χ4n) is 1.52. The van der Waals surface area contributed by atoms with E-state index in [4.69, 9.17) is 13.7 Å². The molecule has 2 aromatic rings. The fourth-order valence-corrected chi connectivity index (χ4v) is 1.52. The zero-order valence-corrected chi connectivity index (χ0v) is 10.5. The van der Waals surface area contributed by atoms with Crippen molar-refractivity contribution in [1.82, 2.24) is 10.1 Å². The van der Waals surface area contributed by atoms with E-state index >= 15 is 0 Å². The maximum Gasteiger partial charge on any atom is 0.292 e. The van der Waals surface area contributed by atoms with E-state index in [2.05, 4.69) is 5.16 Å². The van der Waals surface area contributed by atoms with Crippen molar-refractivity contribution in [2.24, 2.45) is 0 Å². The average Bonchev–Trinajstić information content (AvgIpc) is 2.97. The third-order valence-electron chi connectivity index (χ3n) is 2.44. The van der Waals surface area contributed by atoms with Crippen molar-refractivity contribution in [2.75, 3.05) is 14.2 Å². The second-order valence-electron chi connectivity index (χ2n) is 3.91. The molecule has 0 bridgehead atoms. The Morgan fingerprint density at radius 3 is 2.83 bits per heavy atom. The van der Waals surface area contributed by atoms with Crippen LogP contribution in [0.2, 0.25) is 0 Å². The molecule has 0 radical (unpaired) electrons. The van der Waals surface area contributed by atoms with Crippen LogP contribution in [0.1, 0.15) is 22.1 Å². The van der Waals surface area contributed by atoms with Crippen molar-refractivity contribution in [3.05, 3.63) is 35.5 Å². The number of hydrogen-bond donors (Lipinski definition) is 0. The maximum atomic E-state index is 12.0. The largest absolute Gasteiger partial charge is 0.479 e. The van der Waals surface area contributed by atoms with Crippen LogP contribution in [-0.2, 0) is 6.54 Å². The Kier molecular flexibility index (Phi) is 3.36. The van der Waals surface area contributed by atoms with Crippen LogP contribution in [0.3, 0.4) is 0 Å². The number of rotatable bonds is 4. The monoisotopic (exact) mass is 250 g/mol. The lowest BCUT2D eigenvalue weighted by Gasteiger charge is -2.13. The molecule has 0 saturated carbocycles. The van der Waals surface area contributed by atoms with E-state index in [-0.39, 0.29) is 17.5 Å². The van der Waals surface area contributed by atoms with Crippen LogP contribution < -0.4 is 4.74 Å². The van der Waals surface area contributed by atoms with Crippen LogP contribution in [0, 0.1) is 6.92 Å². The predicted octanol–water partition coefficient (Wildman–Crippen LogP) is 1.86. The first-order valence-electron chi connectivity index (χ1n) is 5.41. The molecule has 2 heterocycles. The lowest BCUT2D eigenvalue weighted by molar-refractivity contribution is 0.0733. The van der Waals surface area contributed by atoms with Gasteiger partial charge in [-0.1, -0.05) is 0 Å². The number of aromatic nitrogens is 1. The Bertz CT molecular complexity index is 544. The van der Waals surface area contributed by atoms with E-state index in [1.165, 1.54) is 18.1 Å². The van der Waals surface area contributed by atoms with Gasteiger partial charge < -0.3 is 18.6 Å². The zero-order chi connectivity index (χ0) is 13.1. The quantitative estimate of drug-likeness (QED) is 0.828. The first-order valence-corrected chi connectivity index (χ1v) is 5.41. The molecule has 2 aromatic heterocycles. The second kappa shape index (κ2) is 4.95. The SMILES string of the molecule is COc1cc(C(=O)N(C)Cc2ccc(C)o2)on1. The summed E-state index contributed by atoms with van der Waals surface area (Å²) >= 11 is 0. The first kappa shape index (κ1) is 12.2. The third-order valence-corrected chi connectivity index (χ3v) is 2.44. The minimum atomic E-state index is -0.278. The number of carbonyl (C=O) groups excluding carboxylic acids is 1. The summed E-state index contributed by atoms with van der Waals surface area (Å²) in [5, 5.41) is 3.58. The number of ether oxygens (including phenoxy) is 1. The van der Waals surface area contributed by atoms with E-state index in [0.717, 1.165) is 11.5 Å².